The van der Waals surface area contributed by atoms with E-state index >= 15 is 0 Å². The van der Waals surface area contributed by atoms with Crippen LogP contribution in [0.25, 0.3) is 0 Å². The van der Waals surface area contributed by atoms with Gasteiger partial charge in [0.05, 0.1) is 6.07 Å². The van der Waals surface area contributed by atoms with E-state index in [-0.39, 0.29) is 0 Å². The van der Waals surface area contributed by atoms with Crippen molar-refractivity contribution in [1.29, 1.82) is 5.26 Å². The van der Waals surface area contributed by atoms with Crippen LogP contribution in [0.1, 0.15) is 12.8 Å². The normalized spacial score (nSPS) is 6.14. The van der Waals surface area contributed by atoms with Gasteiger partial charge in [-0.15, -0.1) is 0 Å². The third kappa shape index (κ3) is 4.94. The molecule has 0 fully saturated rings. The van der Waals surface area contributed by atoms with E-state index in [9.17, 15) is 0 Å². The molecule has 2 heteroatoms. The van der Waals surface area contributed by atoms with Crippen molar-refractivity contribution in [3.05, 3.63) is 6.08 Å². The first-order valence-corrected chi connectivity index (χ1v) is 2.00. The Morgan fingerprint density at radius 3 is 2.71 bits per heavy atom. The predicted molar refractivity (Wildman–Crippen MR) is 26.6 cm³/mol. The third-order valence-electron chi connectivity index (χ3n) is 0.492. The van der Waals surface area contributed by atoms with Gasteiger partial charge >= 0.3 is 0 Å². The van der Waals surface area contributed by atoms with Gasteiger partial charge in [-0.25, -0.2) is 0 Å². The molecular weight excluding hydrogens is 88.1 g/mol. The fraction of sp³-hybridized carbons (Fsp3) is 0.400. The zero-order valence-electron chi connectivity index (χ0n) is 3.89. The van der Waals surface area contributed by atoms with E-state index in [1.54, 1.807) is 0 Å². The maximum absolute atomic E-state index is 7.91. The van der Waals surface area contributed by atoms with Gasteiger partial charge < -0.3 is 0 Å². The monoisotopic (exact) mass is 93.0 g/mol. The number of unbranched alkanes of at least 4 members (excludes halogenated alkanes) is 1. The van der Waals surface area contributed by atoms with E-state index in [0.29, 0.717) is 12.8 Å². The zero-order valence-corrected chi connectivity index (χ0v) is 3.89. The second-order valence-corrected chi connectivity index (χ2v) is 1.03. The molecule has 0 heterocycles. The molecule has 7 heavy (non-hydrogen) atoms. The van der Waals surface area contributed by atoms with Gasteiger partial charge in [0.15, 0.2) is 0 Å². The minimum Gasteiger partial charge on any atom is -0.198 e. The number of allylic oxidation sites excluding steroid dienone is 1. The van der Waals surface area contributed by atoms with E-state index in [1.165, 1.54) is 6.08 Å². The van der Waals surface area contributed by atoms with Crippen LogP contribution in [0.5, 0.6) is 0 Å². The van der Waals surface area contributed by atoms with Crippen molar-refractivity contribution < 1.29 is 0 Å². The molecule has 0 aromatic carbocycles. The molecule has 0 spiro atoms. The number of nitrogens with zero attached hydrogens (tertiary/aromatic N) is 2. The second-order valence-electron chi connectivity index (χ2n) is 1.03. The van der Waals surface area contributed by atoms with Crippen LogP contribution in [0.2, 0.25) is 0 Å². The second kappa shape index (κ2) is 4.94. The lowest BCUT2D eigenvalue weighted by Gasteiger charge is -1.69. The molecule has 0 bridgehead atoms. The van der Waals surface area contributed by atoms with Crippen molar-refractivity contribution in [2.75, 3.05) is 0 Å². The molecule has 0 atom stereocenters. The summed E-state index contributed by atoms with van der Waals surface area (Å²) in [5.41, 5.74) is 0. The molecule has 2 nitrogen and oxygen atoms in total. The highest BCUT2D eigenvalue weighted by molar-refractivity contribution is 5.48. The van der Waals surface area contributed by atoms with Gasteiger partial charge in [-0.05, 0) is 12.5 Å². The summed E-state index contributed by atoms with van der Waals surface area (Å²) in [7, 11) is 0. The highest BCUT2D eigenvalue weighted by Gasteiger charge is 1.72. The zero-order chi connectivity index (χ0) is 5.54. The van der Waals surface area contributed by atoms with E-state index in [4.69, 9.17) is 10.7 Å². The van der Waals surface area contributed by atoms with Crippen LogP contribution in [-0.4, -0.2) is 5.87 Å². The Kier molecular flexibility index (Phi) is 4.19. The summed E-state index contributed by atoms with van der Waals surface area (Å²) >= 11 is 0. The van der Waals surface area contributed by atoms with Crippen molar-refractivity contribution in [1.82, 2.24) is 5.41 Å². The first-order chi connectivity index (χ1) is 3.41. The Morgan fingerprint density at radius 2 is 2.29 bits per heavy atom. The summed E-state index contributed by atoms with van der Waals surface area (Å²) in [6.45, 7) is 0. The van der Waals surface area contributed by atoms with Crippen LogP contribution < -0.4 is 5.41 Å². The molecule has 0 unspecified atom stereocenters. The van der Waals surface area contributed by atoms with Gasteiger partial charge in [-0.2, -0.15) is 5.26 Å². The third-order valence-corrected chi connectivity index (χ3v) is 0.492. The first-order valence-electron chi connectivity index (χ1n) is 2.00. The number of nitriles is 1. The molecule has 0 aliphatic carbocycles. The van der Waals surface area contributed by atoms with Crippen molar-refractivity contribution >= 4 is 5.87 Å². The molecule has 0 saturated heterocycles. The minimum atomic E-state index is 0.452. The predicted octanol–water partition coefficient (Wildman–Crippen LogP) is 0.316. The summed E-state index contributed by atoms with van der Waals surface area (Å²) in [5.74, 6) is 1.83. The largest absolute Gasteiger partial charge is 0.198 e. The van der Waals surface area contributed by atoms with Crippen molar-refractivity contribution in [3.8, 4) is 6.07 Å². The molecule has 0 aromatic rings. The van der Waals surface area contributed by atoms with Crippen LogP contribution in [0.15, 0.2) is 6.08 Å². The standard InChI is InChI=1S/C5H5N2/c6-4-2-1-3-5-7/h2H,1,3H2. The summed E-state index contributed by atoms with van der Waals surface area (Å²) < 4.78 is 0. The van der Waals surface area contributed by atoms with E-state index in [1.807, 2.05) is 11.9 Å². The van der Waals surface area contributed by atoms with Crippen LogP contribution in [0.4, 0.5) is 0 Å². The maximum Gasteiger partial charge on any atom is 0.0625 e. The van der Waals surface area contributed by atoms with Gasteiger partial charge in [-0.1, -0.05) is 5.41 Å². The fourth-order valence-corrected chi connectivity index (χ4v) is 0.201. The van der Waals surface area contributed by atoms with E-state index in [2.05, 4.69) is 0 Å². The molecule has 0 rings (SSSR count). The Hall–Kier alpha value is -1.06. The maximum atomic E-state index is 7.91. The van der Waals surface area contributed by atoms with Crippen LogP contribution in [0, 0.1) is 11.3 Å². The van der Waals surface area contributed by atoms with Gasteiger partial charge in [0.1, 0.15) is 0 Å². The molecule has 1 radical (unpaired) electrons. The molecule has 0 aromatic heterocycles. The van der Waals surface area contributed by atoms with Crippen molar-refractivity contribution in [3.63, 3.8) is 0 Å². The highest BCUT2D eigenvalue weighted by atomic mass is 14.3. The summed E-state index contributed by atoms with van der Waals surface area (Å²) in [6, 6.07) is 1.92. The van der Waals surface area contributed by atoms with Crippen LogP contribution in [-0.2, 0) is 0 Å². The van der Waals surface area contributed by atoms with Crippen LogP contribution in [0.3, 0.4) is 0 Å². The quantitative estimate of drug-likeness (QED) is 0.358. The SMILES string of the molecule is [N]=C=CCCC#N. The molecule has 0 aliphatic heterocycles. The van der Waals surface area contributed by atoms with Crippen LogP contribution >= 0.6 is 0 Å². The van der Waals surface area contributed by atoms with E-state index in [0.717, 1.165) is 0 Å². The lowest BCUT2D eigenvalue weighted by molar-refractivity contribution is 1.07. The molecule has 0 N–H and O–H groups in total. The summed E-state index contributed by atoms with van der Waals surface area (Å²) in [4.78, 5) is 0. The number of rotatable bonds is 2. The average molecular weight is 93.1 g/mol. The number of hydrogen-bond acceptors (Lipinski definition) is 1. The molecule has 0 amide bonds. The molecule has 35 valence electrons. The molecule has 0 aliphatic rings. The van der Waals surface area contributed by atoms with Gasteiger partial charge in [0.25, 0.3) is 0 Å². The Bertz CT molecular complexity index is 115. The molecule has 0 saturated carbocycles. The highest BCUT2D eigenvalue weighted by Crippen LogP contribution is 1.81. The minimum absolute atomic E-state index is 0.452. The summed E-state index contributed by atoms with van der Waals surface area (Å²) in [5, 5.41) is 15.8. The van der Waals surface area contributed by atoms with Crippen molar-refractivity contribution in [2.24, 2.45) is 0 Å². The van der Waals surface area contributed by atoms with Gasteiger partial charge in [0, 0.05) is 12.3 Å². The molecular formula is C5H5N2. The van der Waals surface area contributed by atoms with E-state index < -0.39 is 0 Å². The fourth-order valence-electron chi connectivity index (χ4n) is 0.201. The topological polar surface area (TPSA) is 46.1 Å². The summed E-state index contributed by atoms with van der Waals surface area (Å²) in [6.07, 6.45) is 2.46. The Labute approximate surface area is 42.6 Å². The lowest BCUT2D eigenvalue weighted by Crippen LogP contribution is -1.62. The Balaban J connectivity index is 3.03. The van der Waals surface area contributed by atoms with Gasteiger partial charge in [-0.3, -0.25) is 0 Å². The van der Waals surface area contributed by atoms with Gasteiger partial charge in [0.2, 0.25) is 0 Å². The average Bonchev–Trinajstić information content (AvgIpc) is 1.69. The van der Waals surface area contributed by atoms with Crippen molar-refractivity contribution in [2.45, 2.75) is 12.8 Å². The number of hydrogen-bond donors (Lipinski definition) is 0. The smallest absolute Gasteiger partial charge is 0.0625 e. The Morgan fingerprint density at radius 1 is 1.57 bits per heavy atom. The first kappa shape index (κ1) is 5.94. The lowest BCUT2D eigenvalue weighted by atomic mass is 10.3.